The van der Waals surface area contributed by atoms with Crippen molar-refractivity contribution < 1.29 is 17.2 Å². The lowest BCUT2D eigenvalue weighted by molar-refractivity contribution is 0.197. The Bertz CT molecular complexity index is 560. The highest BCUT2D eigenvalue weighted by molar-refractivity contribution is 7.80. The summed E-state index contributed by atoms with van der Waals surface area (Å²) in [4.78, 5) is 0. The maximum atomic E-state index is 10.6. The summed E-state index contributed by atoms with van der Waals surface area (Å²) in [5.41, 5.74) is 3.63. The van der Waals surface area contributed by atoms with Crippen LogP contribution in [0.1, 0.15) is 30.9 Å². The Morgan fingerprint density at radius 3 is 2.78 bits per heavy atom. The molecule has 0 saturated carbocycles. The molecule has 18 heavy (non-hydrogen) atoms. The van der Waals surface area contributed by atoms with Crippen molar-refractivity contribution in [3.8, 4) is 0 Å². The highest BCUT2D eigenvalue weighted by atomic mass is 32.3. The van der Waals surface area contributed by atoms with Crippen molar-refractivity contribution in [2.75, 3.05) is 0 Å². The van der Waals surface area contributed by atoms with Crippen LogP contribution in [0.5, 0.6) is 0 Å². The van der Waals surface area contributed by atoms with Gasteiger partial charge in [0, 0.05) is 0 Å². The van der Waals surface area contributed by atoms with Gasteiger partial charge in [0.05, 0.1) is 6.10 Å². The lowest BCUT2D eigenvalue weighted by Crippen LogP contribution is -2.16. The molecule has 0 spiro atoms. The standard InChI is InChI=1S/C13H16O4S/c1-10(17-18(14,15)16)8-11-6-7-12-4-2-3-5-13(12)9-11/h2-5,9-10H,6-8H2,1H3,(H,14,15,16). The molecule has 0 heterocycles. The highest BCUT2D eigenvalue weighted by Crippen LogP contribution is 2.26. The van der Waals surface area contributed by atoms with Gasteiger partial charge >= 0.3 is 10.4 Å². The van der Waals surface area contributed by atoms with Crippen LogP contribution >= 0.6 is 0 Å². The fourth-order valence-corrected chi connectivity index (χ4v) is 2.75. The van der Waals surface area contributed by atoms with Crippen LogP contribution in [0.4, 0.5) is 0 Å². The minimum atomic E-state index is -4.36. The Labute approximate surface area is 107 Å². The average molecular weight is 268 g/mol. The lowest BCUT2D eigenvalue weighted by Gasteiger charge is -2.18. The molecule has 2 rings (SSSR count). The van der Waals surface area contributed by atoms with E-state index in [0.717, 1.165) is 18.4 Å². The normalized spacial score (nSPS) is 16.9. The molecule has 5 heteroatoms. The maximum absolute atomic E-state index is 10.6. The van der Waals surface area contributed by atoms with Gasteiger partial charge in [0.1, 0.15) is 0 Å². The summed E-state index contributed by atoms with van der Waals surface area (Å²) in [5.74, 6) is 0. The predicted molar refractivity (Wildman–Crippen MR) is 69.5 cm³/mol. The number of aryl methyl sites for hydroxylation is 1. The van der Waals surface area contributed by atoms with Crippen LogP contribution in [0.15, 0.2) is 29.8 Å². The van der Waals surface area contributed by atoms with E-state index in [1.165, 1.54) is 11.1 Å². The molecule has 1 N–H and O–H groups in total. The minimum absolute atomic E-state index is 0.508. The van der Waals surface area contributed by atoms with Crippen LogP contribution in [-0.2, 0) is 21.0 Å². The third-order valence-electron chi connectivity index (χ3n) is 2.97. The molecule has 0 bridgehead atoms. The molecule has 98 valence electrons. The number of hydrogen-bond donors (Lipinski definition) is 1. The first-order valence-corrected chi connectivity index (χ1v) is 7.23. The molecule has 1 aromatic rings. The van der Waals surface area contributed by atoms with Crippen molar-refractivity contribution in [3.63, 3.8) is 0 Å². The largest absolute Gasteiger partial charge is 0.397 e. The van der Waals surface area contributed by atoms with Crippen molar-refractivity contribution in [1.29, 1.82) is 0 Å². The second-order valence-corrected chi connectivity index (χ2v) is 5.59. The monoisotopic (exact) mass is 268 g/mol. The van der Waals surface area contributed by atoms with E-state index in [1.54, 1.807) is 6.92 Å². The van der Waals surface area contributed by atoms with Crippen molar-refractivity contribution in [1.82, 2.24) is 0 Å². The van der Waals surface area contributed by atoms with Crippen LogP contribution in [-0.4, -0.2) is 19.1 Å². The molecule has 1 aliphatic rings. The van der Waals surface area contributed by atoms with Gasteiger partial charge in [0.25, 0.3) is 0 Å². The van der Waals surface area contributed by atoms with Gasteiger partial charge in [0.15, 0.2) is 0 Å². The molecule has 0 saturated heterocycles. The van der Waals surface area contributed by atoms with E-state index < -0.39 is 16.5 Å². The molecular weight excluding hydrogens is 252 g/mol. The summed E-state index contributed by atoms with van der Waals surface area (Å²) >= 11 is 0. The third kappa shape index (κ3) is 3.66. The predicted octanol–water partition coefficient (Wildman–Crippen LogP) is 2.61. The number of hydrogen-bond acceptors (Lipinski definition) is 3. The molecule has 1 unspecified atom stereocenters. The van der Waals surface area contributed by atoms with Gasteiger partial charge in [-0.15, -0.1) is 0 Å². The Morgan fingerprint density at radius 2 is 2.06 bits per heavy atom. The van der Waals surface area contributed by atoms with E-state index in [1.807, 2.05) is 18.2 Å². The van der Waals surface area contributed by atoms with E-state index in [2.05, 4.69) is 16.3 Å². The van der Waals surface area contributed by atoms with Crippen molar-refractivity contribution in [2.24, 2.45) is 0 Å². The van der Waals surface area contributed by atoms with E-state index in [-0.39, 0.29) is 0 Å². The first-order valence-electron chi connectivity index (χ1n) is 5.87. The molecular formula is C13H16O4S. The Kier molecular flexibility index (Phi) is 3.85. The van der Waals surface area contributed by atoms with Gasteiger partial charge in [-0.2, -0.15) is 8.42 Å². The fraction of sp³-hybridized carbons (Fsp3) is 0.385. The van der Waals surface area contributed by atoms with Crippen LogP contribution in [0.3, 0.4) is 0 Å². The number of rotatable bonds is 4. The molecule has 1 atom stereocenters. The summed E-state index contributed by atoms with van der Waals surface area (Å²) in [6, 6.07) is 8.14. The van der Waals surface area contributed by atoms with Crippen molar-refractivity contribution >= 4 is 16.5 Å². The molecule has 0 amide bonds. The highest BCUT2D eigenvalue weighted by Gasteiger charge is 2.16. The maximum Gasteiger partial charge on any atom is 0.397 e. The number of benzene rings is 1. The Balaban J connectivity index is 2.06. The van der Waals surface area contributed by atoms with Crippen molar-refractivity contribution in [2.45, 2.75) is 32.3 Å². The lowest BCUT2D eigenvalue weighted by atomic mass is 9.90. The van der Waals surface area contributed by atoms with Gasteiger partial charge in [0.2, 0.25) is 0 Å². The molecule has 1 aliphatic carbocycles. The SMILES string of the molecule is CC(CC1=Cc2ccccc2CC1)OS(=O)(=O)O. The van der Waals surface area contributed by atoms with Crippen LogP contribution in [0.2, 0.25) is 0 Å². The average Bonchev–Trinajstić information content (AvgIpc) is 2.26. The van der Waals surface area contributed by atoms with Crippen LogP contribution in [0.25, 0.3) is 6.08 Å². The fourth-order valence-electron chi connectivity index (χ4n) is 2.26. The third-order valence-corrected chi connectivity index (χ3v) is 3.54. The first kappa shape index (κ1) is 13.3. The summed E-state index contributed by atoms with van der Waals surface area (Å²) in [6.45, 7) is 1.63. The molecule has 0 radical (unpaired) electrons. The summed E-state index contributed by atoms with van der Waals surface area (Å²) < 4.78 is 34.3. The van der Waals surface area contributed by atoms with Crippen LogP contribution in [0, 0.1) is 0 Å². The van der Waals surface area contributed by atoms with E-state index in [9.17, 15) is 8.42 Å². The zero-order valence-electron chi connectivity index (χ0n) is 10.2. The number of fused-ring (bicyclic) bond motifs is 1. The van der Waals surface area contributed by atoms with Gasteiger partial charge in [-0.25, -0.2) is 4.18 Å². The summed E-state index contributed by atoms with van der Waals surface area (Å²) in [6.07, 6.45) is 3.89. The van der Waals surface area contributed by atoms with E-state index in [4.69, 9.17) is 4.55 Å². The minimum Gasteiger partial charge on any atom is -0.264 e. The van der Waals surface area contributed by atoms with E-state index in [0.29, 0.717) is 6.42 Å². The molecule has 1 aromatic carbocycles. The Hall–Kier alpha value is -1.17. The molecule has 0 aromatic heterocycles. The summed E-state index contributed by atoms with van der Waals surface area (Å²) in [5, 5.41) is 0. The molecule has 4 nitrogen and oxygen atoms in total. The first-order chi connectivity index (χ1) is 8.44. The molecule has 0 fully saturated rings. The van der Waals surface area contributed by atoms with Crippen LogP contribution < -0.4 is 0 Å². The van der Waals surface area contributed by atoms with Gasteiger partial charge in [-0.3, -0.25) is 4.55 Å². The smallest absolute Gasteiger partial charge is 0.264 e. The quantitative estimate of drug-likeness (QED) is 0.853. The zero-order chi connectivity index (χ0) is 13.2. The second kappa shape index (κ2) is 5.22. The topological polar surface area (TPSA) is 63.6 Å². The van der Waals surface area contributed by atoms with Gasteiger partial charge in [-0.05, 0) is 37.3 Å². The zero-order valence-corrected chi connectivity index (χ0v) is 11.0. The molecule has 0 aliphatic heterocycles. The van der Waals surface area contributed by atoms with Crippen molar-refractivity contribution in [3.05, 3.63) is 41.0 Å². The van der Waals surface area contributed by atoms with Gasteiger partial charge in [-0.1, -0.05) is 35.9 Å². The second-order valence-electron chi connectivity index (χ2n) is 4.54. The summed E-state index contributed by atoms with van der Waals surface area (Å²) in [7, 11) is -4.36. The van der Waals surface area contributed by atoms with E-state index >= 15 is 0 Å². The van der Waals surface area contributed by atoms with Gasteiger partial charge < -0.3 is 0 Å². The Morgan fingerprint density at radius 1 is 1.33 bits per heavy atom.